The van der Waals surface area contributed by atoms with Crippen molar-refractivity contribution in [2.24, 2.45) is 0 Å². The van der Waals surface area contributed by atoms with Crippen molar-refractivity contribution in [1.82, 2.24) is 78.3 Å². The summed E-state index contributed by atoms with van der Waals surface area (Å²) in [5, 5.41) is 30.9. The highest BCUT2D eigenvalue weighted by Crippen LogP contribution is 2.35. The van der Waals surface area contributed by atoms with Crippen LogP contribution in [0.2, 0.25) is 0 Å². The van der Waals surface area contributed by atoms with Crippen LogP contribution in [0.4, 0.5) is 33.6 Å². The summed E-state index contributed by atoms with van der Waals surface area (Å²) in [6.07, 6.45) is 3.44. The molecule has 13 amide bonds. The molecule has 0 aromatic carbocycles. The zero-order chi connectivity index (χ0) is 89.3. The molecule has 118 heavy (non-hydrogen) atoms. The molecule has 0 spiro atoms. The molecular weight excluding hydrogens is 1570 g/mol. The van der Waals surface area contributed by atoms with E-state index in [2.05, 4.69) is 75.0 Å². The van der Waals surface area contributed by atoms with E-state index < -0.39 is 141 Å². The number of hydrogen-bond donors (Lipinski definition) is 11. The fourth-order valence-electron chi connectivity index (χ4n) is 10.4. The van der Waals surface area contributed by atoms with E-state index in [0.29, 0.717) is 48.6 Å². The third kappa shape index (κ3) is 50.9. The predicted molar refractivity (Wildman–Crippen MR) is 450 cm³/mol. The quantitative estimate of drug-likeness (QED) is 0.0127. The van der Waals surface area contributed by atoms with Crippen LogP contribution in [0.3, 0.4) is 0 Å². The fraction of sp³-hybridized carbons (Fsp3) is 0.691. The van der Waals surface area contributed by atoms with Crippen LogP contribution in [0.5, 0.6) is 0 Å². The van der Waals surface area contributed by atoms with E-state index in [0.717, 1.165) is 0 Å². The first-order valence-corrected chi connectivity index (χ1v) is 42.3. The Morgan fingerprint density at radius 1 is 0.331 bits per heavy atom. The minimum absolute atomic E-state index is 0.0737. The van der Waals surface area contributed by atoms with E-state index in [1.807, 2.05) is 0 Å². The van der Waals surface area contributed by atoms with E-state index in [-0.39, 0.29) is 128 Å². The molecule has 0 fully saturated rings. The SMILES string of the molecule is C=CC(NC(=O)OC(C)(C)C)C(=O)NCCCN(CCCNC(=O)[C@H](CCCCNC(=O)OC(C)(C)C)NC(=O)OC(C)(C)C)C(=O)c1ccc(SSc2ccc(C(=O)N(CCCNC(=O)[C@H](CCCCNC(=O)OC(C)(C)C)NC(=O)OC(C)(C)C)CCCNC(=O)[C@H](CCCCNC(=O)OC(C)(C)C)NC(=O)OC(C)(C)C)cn2)nc1. The number of ether oxygens (including phenoxy) is 7. The maximum atomic E-state index is 14.5. The lowest BCUT2D eigenvalue weighted by Crippen LogP contribution is -2.49. The molecule has 35 nitrogen and oxygen atoms in total. The van der Waals surface area contributed by atoms with E-state index in [1.165, 1.54) is 40.1 Å². The lowest BCUT2D eigenvalue weighted by Gasteiger charge is -2.25. The Morgan fingerprint density at radius 2 is 0.568 bits per heavy atom. The van der Waals surface area contributed by atoms with Gasteiger partial charge in [-0.2, -0.15) is 0 Å². The summed E-state index contributed by atoms with van der Waals surface area (Å²) >= 11 is 0. The van der Waals surface area contributed by atoms with Gasteiger partial charge in [-0.25, -0.2) is 43.5 Å². The van der Waals surface area contributed by atoms with Gasteiger partial charge in [-0.3, -0.25) is 28.8 Å². The number of aromatic nitrogens is 2. The normalized spacial score (nSPS) is 12.8. The van der Waals surface area contributed by atoms with E-state index in [4.69, 9.17) is 33.2 Å². The summed E-state index contributed by atoms with van der Waals surface area (Å²) in [6, 6.07) is 2.37. The van der Waals surface area contributed by atoms with Crippen LogP contribution in [-0.2, 0) is 52.3 Å². The third-order valence-corrected chi connectivity index (χ3v) is 17.5. The molecule has 4 atom stereocenters. The van der Waals surface area contributed by atoms with Crippen molar-refractivity contribution in [1.29, 1.82) is 0 Å². The monoisotopic (exact) mass is 1700 g/mol. The molecule has 2 aromatic heterocycles. The number of amides is 13. The molecule has 0 saturated carbocycles. The van der Waals surface area contributed by atoms with Gasteiger partial charge in [-0.1, -0.05) is 6.08 Å². The Balaban J connectivity index is 2.41. The highest BCUT2D eigenvalue weighted by molar-refractivity contribution is 8.76. The van der Waals surface area contributed by atoms with Crippen LogP contribution >= 0.6 is 21.6 Å². The lowest BCUT2D eigenvalue weighted by atomic mass is 10.1. The van der Waals surface area contributed by atoms with Crippen molar-refractivity contribution in [3.63, 3.8) is 0 Å². The lowest BCUT2D eigenvalue weighted by molar-refractivity contribution is -0.124. The molecule has 2 aromatic rings. The second-order valence-corrected chi connectivity index (χ2v) is 37.0. The molecule has 0 bridgehead atoms. The van der Waals surface area contributed by atoms with Gasteiger partial charge in [0.2, 0.25) is 23.6 Å². The standard InChI is InChI=1S/C81H135N15O20S2/c1-23-56(91-71(106)113-78(11,12)13)62(97)82-44-30-48-95(49-31-45-83-63(98)57(92-72(107)114-79(14,15)16)34-24-27-41-86-68(103)110-75(2,3)4)66(101)54-37-39-60(89-52-54)117-118-61-40-38-55(53-90-61)67(102)96(50-32-46-84-64(99)58(93-73(108)115-80(17,18)19)35-25-28-42-87-69(104)111-76(5,6)7)51-33-47-85-65(100)59(94-74(109)116-81(20,21)22)36-26-29-43-88-70(105)112-77(8,9)10/h23,37-40,52-53,56-59H,1,24-36,41-51H2,2-22H3,(H,82,97)(H,83,98)(H,84,99)(H,85,100)(H,86,103)(H,87,104)(H,88,105)(H,91,106)(H,92,107)(H,93,108)(H,94,109)/t56?,57-,58-,59-/m0/s1. The fourth-order valence-corrected chi connectivity index (χ4v) is 12.1. The second-order valence-electron chi connectivity index (χ2n) is 34.8. The Bertz CT molecular complexity index is 3450. The van der Waals surface area contributed by atoms with Gasteiger partial charge in [-0.15, -0.1) is 6.58 Å². The maximum Gasteiger partial charge on any atom is 0.408 e. The zero-order valence-corrected chi connectivity index (χ0v) is 74.9. The van der Waals surface area contributed by atoms with E-state index in [1.54, 1.807) is 179 Å². The van der Waals surface area contributed by atoms with Crippen LogP contribution in [-0.4, -0.2) is 233 Å². The first-order valence-electron chi connectivity index (χ1n) is 40.2. The van der Waals surface area contributed by atoms with Gasteiger partial charge in [0.1, 0.15) is 73.4 Å². The number of hydrogen-bond acceptors (Lipinski definition) is 24. The van der Waals surface area contributed by atoms with Gasteiger partial charge < -0.3 is 101 Å². The first kappa shape index (κ1) is 105. The molecule has 0 aliphatic carbocycles. The predicted octanol–water partition coefficient (Wildman–Crippen LogP) is 11.0. The van der Waals surface area contributed by atoms with Gasteiger partial charge in [0.25, 0.3) is 11.8 Å². The van der Waals surface area contributed by atoms with Crippen molar-refractivity contribution < 1.29 is 95.5 Å². The molecule has 0 saturated heterocycles. The van der Waals surface area contributed by atoms with Crippen LogP contribution in [0.25, 0.3) is 0 Å². The molecule has 2 heterocycles. The smallest absolute Gasteiger partial charge is 0.408 e. The summed E-state index contributed by atoms with van der Waals surface area (Å²) in [6.45, 7) is 41.3. The van der Waals surface area contributed by atoms with Crippen LogP contribution in [0, 0.1) is 0 Å². The summed E-state index contributed by atoms with van der Waals surface area (Å²) in [5.74, 6) is -2.89. The summed E-state index contributed by atoms with van der Waals surface area (Å²) < 4.78 is 37.6. The van der Waals surface area contributed by atoms with Crippen LogP contribution in [0.1, 0.15) is 250 Å². The summed E-state index contributed by atoms with van der Waals surface area (Å²) in [5.41, 5.74) is -5.02. The highest BCUT2D eigenvalue weighted by Gasteiger charge is 2.31. The maximum absolute atomic E-state index is 14.5. The van der Waals surface area contributed by atoms with Gasteiger partial charge in [0.05, 0.1) is 11.1 Å². The molecule has 11 N–H and O–H groups in total. The largest absolute Gasteiger partial charge is 0.444 e. The van der Waals surface area contributed by atoms with Gasteiger partial charge >= 0.3 is 42.7 Å². The zero-order valence-electron chi connectivity index (χ0n) is 73.3. The average molecular weight is 1700 g/mol. The third-order valence-electron chi connectivity index (χ3n) is 15.3. The summed E-state index contributed by atoms with van der Waals surface area (Å²) in [7, 11) is 2.46. The number of rotatable bonds is 45. The second kappa shape index (κ2) is 51.0. The minimum atomic E-state index is -1.12. The molecule has 0 aliphatic rings. The molecule has 0 radical (unpaired) electrons. The molecule has 0 aliphatic heterocycles. The van der Waals surface area contributed by atoms with Gasteiger partial charge in [0, 0.05) is 84.4 Å². The molecule has 2 rings (SSSR count). The van der Waals surface area contributed by atoms with E-state index >= 15 is 0 Å². The van der Waals surface area contributed by atoms with Crippen LogP contribution in [0.15, 0.2) is 59.4 Å². The number of pyridine rings is 2. The number of nitrogens with one attached hydrogen (secondary N) is 11. The molecule has 1 unspecified atom stereocenters. The van der Waals surface area contributed by atoms with Crippen molar-refractivity contribution >= 4 is 99.7 Å². The van der Waals surface area contributed by atoms with Gasteiger partial charge in [0.15, 0.2) is 0 Å². The van der Waals surface area contributed by atoms with Crippen LogP contribution < -0.4 is 58.5 Å². The highest BCUT2D eigenvalue weighted by atomic mass is 33.1. The van der Waals surface area contributed by atoms with Crippen molar-refractivity contribution in [3.05, 3.63) is 60.4 Å². The van der Waals surface area contributed by atoms with Crippen molar-refractivity contribution in [2.75, 3.05) is 72.0 Å². The van der Waals surface area contributed by atoms with E-state index in [9.17, 15) is 62.3 Å². The topological polar surface area (TPSA) is 451 Å². The molecular formula is C81H135N15O20S2. The Hall–Kier alpha value is -9.55. The Labute approximate surface area is 704 Å². The average Bonchev–Trinajstić information content (AvgIpc) is 0.851. The number of carbonyl (C=O) groups is 13. The van der Waals surface area contributed by atoms with Gasteiger partial charge in [-0.05, 0) is 275 Å². The number of nitrogens with zero attached hydrogens (tertiary/aromatic N) is 4. The summed E-state index contributed by atoms with van der Waals surface area (Å²) in [4.78, 5) is 184. The Kier molecular flexibility index (Phi) is 45.2. The Morgan fingerprint density at radius 3 is 0.805 bits per heavy atom. The van der Waals surface area contributed by atoms with Crippen molar-refractivity contribution in [2.45, 2.75) is 302 Å². The number of alkyl carbamates (subject to hydrolysis) is 7. The minimum Gasteiger partial charge on any atom is -0.444 e. The molecule has 37 heteroatoms. The molecule has 666 valence electrons. The number of unbranched alkanes of at least 4 members (excludes halogenated alkanes) is 3. The first-order chi connectivity index (χ1) is 54.7. The number of carbonyl (C=O) groups excluding carboxylic acids is 13. The van der Waals surface area contributed by atoms with Crippen molar-refractivity contribution in [3.8, 4) is 0 Å².